The number of aryl methyl sites for hydroxylation is 1. The molecule has 4 rings (SSSR count). The van der Waals surface area contributed by atoms with E-state index in [1.54, 1.807) is 12.1 Å². The number of aliphatic carboxylic acids is 1. The molecule has 3 aromatic rings. The molecule has 172 valence electrons. The van der Waals surface area contributed by atoms with Gasteiger partial charge < -0.3 is 10.4 Å². The largest absolute Gasteiger partial charge is 0.481 e. The maximum absolute atomic E-state index is 13.5. The van der Waals surface area contributed by atoms with Gasteiger partial charge in [0.1, 0.15) is 5.37 Å². The van der Waals surface area contributed by atoms with E-state index in [0.29, 0.717) is 36.6 Å². The Hall–Kier alpha value is -3.00. The topological polar surface area (TPSA) is 86.7 Å². The molecular formula is C26H28N2O4S. The lowest BCUT2D eigenvalue weighted by Crippen LogP contribution is -2.54. The predicted octanol–water partition coefficient (Wildman–Crippen LogP) is 3.49. The molecule has 0 spiro atoms. The van der Waals surface area contributed by atoms with Crippen LogP contribution in [0.5, 0.6) is 0 Å². The van der Waals surface area contributed by atoms with Crippen molar-refractivity contribution in [3.8, 4) is 11.1 Å². The highest BCUT2D eigenvalue weighted by Gasteiger charge is 2.35. The fraction of sp³-hybridized carbons (Fsp3) is 0.269. The third-order valence-electron chi connectivity index (χ3n) is 5.99. The Morgan fingerprint density at radius 2 is 1.79 bits per heavy atom. The summed E-state index contributed by atoms with van der Waals surface area (Å²) in [4.78, 5) is 13.6. The van der Waals surface area contributed by atoms with Gasteiger partial charge >= 0.3 is 5.97 Å². The van der Waals surface area contributed by atoms with Crippen molar-refractivity contribution in [3.63, 3.8) is 0 Å². The summed E-state index contributed by atoms with van der Waals surface area (Å²) in [7, 11) is -3.59. The second-order valence-electron chi connectivity index (χ2n) is 8.42. The van der Waals surface area contributed by atoms with Crippen LogP contribution in [0.15, 0.2) is 77.7 Å². The first-order valence-electron chi connectivity index (χ1n) is 11.0. The summed E-state index contributed by atoms with van der Waals surface area (Å²) in [5, 5.41) is 11.8. The number of nitrogens with one attached hydrogen (secondary N) is 1. The molecule has 0 aromatic heterocycles. The van der Waals surface area contributed by atoms with Crippen LogP contribution in [0.2, 0.25) is 0 Å². The lowest BCUT2D eigenvalue weighted by molar-refractivity contribution is -0.136. The molecule has 7 heteroatoms. The molecule has 0 amide bonds. The zero-order chi connectivity index (χ0) is 23.4. The van der Waals surface area contributed by atoms with Gasteiger partial charge in [0, 0.05) is 26.2 Å². The summed E-state index contributed by atoms with van der Waals surface area (Å²) in [5.74, 6) is -0.893. The maximum atomic E-state index is 13.5. The standard InChI is InChI=1S/C26H28N2O4S/c1-19-7-10-23(11-8-19)33(31,32)25-17-27-13-14-28(25)18-22-15-20(16-26(29)30)9-12-24(22)21-5-3-2-4-6-21/h2-12,15,25,27H,13-14,16-18H2,1H3,(H,29,30). The Bertz CT molecular complexity index is 1220. The molecule has 0 aliphatic carbocycles. The number of sulfone groups is 1. The van der Waals surface area contributed by atoms with E-state index in [1.807, 2.05) is 72.5 Å². The SMILES string of the molecule is Cc1ccc(S(=O)(=O)C2CNCCN2Cc2cc(CC(=O)O)ccc2-c2ccccc2)cc1. The molecule has 0 radical (unpaired) electrons. The molecule has 6 nitrogen and oxygen atoms in total. The fourth-order valence-corrected chi connectivity index (χ4v) is 6.01. The number of hydrogen-bond acceptors (Lipinski definition) is 5. The highest BCUT2D eigenvalue weighted by molar-refractivity contribution is 7.92. The van der Waals surface area contributed by atoms with Gasteiger partial charge in [-0.05, 0) is 41.3 Å². The Morgan fingerprint density at radius 3 is 2.48 bits per heavy atom. The quantitative estimate of drug-likeness (QED) is 0.557. The van der Waals surface area contributed by atoms with Crippen LogP contribution < -0.4 is 5.32 Å². The average molecular weight is 465 g/mol. The van der Waals surface area contributed by atoms with Gasteiger partial charge in [-0.15, -0.1) is 0 Å². The van der Waals surface area contributed by atoms with Crippen molar-refractivity contribution in [2.75, 3.05) is 19.6 Å². The van der Waals surface area contributed by atoms with E-state index in [2.05, 4.69) is 5.32 Å². The number of hydrogen-bond donors (Lipinski definition) is 2. The maximum Gasteiger partial charge on any atom is 0.307 e. The van der Waals surface area contributed by atoms with Crippen molar-refractivity contribution in [2.24, 2.45) is 0 Å². The minimum atomic E-state index is -3.59. The van der Waals surface area contributed by atoms with Gasteiger partial charge in [0.2, 0.25) is 0 Å². The van der Waals surface area contributed by atoms with Gasteiger partial charge in [-0.3, -0.25) is 9.69 Å². The van der Waals surface area contributed by atoms with Crippen LogP contribution in [0.25, 0.3) is 11.1 Å². The molecule has 0 saturated carbocycles. The van der Waals surface area contributed by atoms with Gasteiger partial charge in [-0.25, -0.2) is 8.42 Å². The van der Waals surface area contributed by atoms with E-state index in [9.17, 15) is 18.3 Å². The van der Waals surface area contributed by atoms with E-state index < -0.39 is 21.2 Å². The predicted molar refractivity (Wildman–Crippen MR) is 129 cm³/mol. The lowest BCUT2D eigenvalue weighted by atomic mass is 9.96. The van der Waals surface area contributed by atoms with Crippen molar-refractivity contribution in [3.05, 3.63) is 89.5 Å². The summed E-state index contributed by atoms with van der Waals surface area (Å²) in [6.45, 7) is 3.95. The van der Waals surface area contributed by atoms with Gasteiger partial charge in [0.25, 0.3) is 0 Å². The Morgan fingerprint density at radius 1 is 1.06 bits per heavy atom. The Kier molecular flexibility index (Phi) is 6.93. The van der Waals surface area contributed by atoms with Crippen molar-refractivity contribution < 1.29 is 18.3 Å². The molecule has 1 saturated heterocycles. The van der Waals surface area contributed by atoms with Crippen LogP contribution in [-0.4, -0.2) is 49.4 Å². The number of benzene rings is 3. The van der Waals surface area contributed by atoms with E-state index in [0.717, 1.165) is 22.3 Å². The molecule has 1 fully saturated rings. The highest BCUT2D eigenvalue weighted by atomic mass is 32.2. The second-order valence-corrected chi connectivity index (χ2v) is 10.5. The molecular weight excluding hydrogens is 436 g/mol. The molecule has 33 heavy (non-hydrogen) atoms. The lowest BCUT2D eigenvalue weighted by Gasteiger charge is -2.36. The van der Waals surface area contributed by atoms with Crippen LogP contribution in [0, 0.1) is 6.92 Å². The molecule has 1 atom stereocenters. The molecule has 1 unspecified atom stereocenters. The van der Waals surface area contributed by atoms with E-state index in [4.69, 9.17) is 0 Å². The van der Waals surface area contributed by atoms with Crippen LogP contribution in [-0.2, 0) is 27.6 Å². The second kappa shape index (κ2) is 9.87. The van der Waals surface area contributed by atoms with Crippen LogP contribution in [0.3, 0.4) is 0 Å². The number of carboxylic acids is 1. The van der Waals surface area contributed by atoms with Gasteiger partial charge in [-0.1, -0.05) is 66.2 Å². The monoisotopic (exact) mass is 464 g/mol. The summed E-state index contributed by atoms with van der Waals surface area (Å²) in [5.41, 5.74) is 4.63. The van der Waals surface area contributed by atoms with Crippen LogP contribution in [0.1, 0.15) is 16.7 Å². The average Bonchev–Trinajstić information content (AvgIpc) is 2.80. The van der Waals surface area contributed by atoms with E-state index in [-0.39, 0.29) is 6.42 Å². The normalized spacial score (nSPS) is 17.1. The number of carbonyl (C=O) groups is 1. The van der Waals surface area contributed by atoms with Crippen molar-refractivity contribution in [2.45, 2.75) is 30.2 Å². The zero-order valence-electron chi connectivity index (χ0n) is 18.6. The minimum absolute atomic E-state index is 0.0747. The Balaban J connectivity index is 1.71. The first kappa shape index (κ1) is 23.2. The van der Waals surface area contributed by atoms with Gasteiger partial charge in [0.15, 0.2) is 9.84 Å². The van der Waals surface area contributed by atoms with Crippen molar-refractivity contribution >= 4 is 15.8 Å². The fourth-order valence-electron chi connectivity index (χ4n) is 4.27. The van der Waals surface area contributed by atoms with Gasteiger partial charge in [-0.2, -0.15) is 0 Å². The summed E-state index contributed by atoms with van der Waals surface area (Å²) in [6, 6.07) is 22.5. The third-order valence-corrected chi connectivity index (χ3v) is 8.10. The minimum Gasteiger partial charge on any atom is -0.481 e. The number of piperazine rings is 1. The van der Waals surface area contributed by atoms with Crippen molar-refractivity contribution in [1.82, 2.24) is 10.2 Å². The zero-order valence-corrected chi connectivity index (χ0v) is 19.4. The summed E-state index contributed by atoms with van der Waals surface area (Å²) in [6.07, 6.45) is -0.0747. The highest BCUT2D eigenvalue weighted by Crippen LogP contribution is 2.29. The first-order valence-corrected chi connectivity index (χ1v) is 12.5. The number of nitrogens with zero attached hydrogens (tertiary/aromatic N) is 1. The van der Waals surface area contributed by atoms with E-state index >= 15 is 0 Å². The molecule has 1 heterocycles. The third kappa shape index (κ3) is 5.33. The van der Waals surface area contributed by atoms with Gasteiger partial charge in [0.05, 0.1) is 11.3 Å². The summed E-state index contributed by atoms with van der Waals surface area (Å²) < 4.78 is 27.0. The van der Waals surface area contributed by atoms with Crippen LogP contribution >= 0.6 is 0 Å². The molecule has 1 aliphatic rings. The Labute approximate surface area is 194 Å². The molecule has 3 aromatic carbocycles. The number of rotatable bonds is 7. The van der Waals surface area contributed by atoms with Crippen molar-refractivity contribution in [1.29, 1.82) is 0 Å². The van der Waals surface area contributed by atoms with Crippen LogP contribution in [0.4, 0.5) is 0 Å². The number of carboxylic acid groups (broad SMARTS) is 1. The first-order chi connectivity index (χ1) is 15.8. The van der Waals surface area contributed by atoms with E-state index in [1.165, 1.54) is 0 Å². The summed E-state index contributed by atoms with van der Waals surface area (Å²) >= 11 is 0. The molecule has 2 N–H and O–H groups in total. The molecule has 0 bridgehead atoms. The smallest absolute Gasteiger partial charge is 0.307 e. The molecule has 1 aliphatic heterocycles.